The van der Waals surface area contributed by atoms with Crippen LogP contribution in [-0.4, -0.2) is 62.0 Å². The van der Waals surface area contributed by atoms with E-state index in [1.54, 1.807) is 23.3 Å². The highest BCUT2D eigenvalue weighted by atomic mass is 16.5. The summed E-state index contributed by atoms with van der Waals surface area (Å²) in [4.78, 5) is 23.4. The minimum absolute atomic E-state index is 0.00943. The predicted octanol–water partition coefficient (Wildman–Crippen LogP) is 2.60. The van der Waals surface area contributed by atoms with Gasteiger partial charge in [-0.05, 0) is 18.9 Å². The molecule has 5 rings (SSSR count). The number of nitrogens with zero attached hydrogens (tertiary/aromatic N) is 5. The summed E-state index contributed by atoms with van der Waals surface area (Å²) in [7, 11) is 1.87. The third-order valence-electron chi connectivity index (χ3n) is 6.20. The zero-order chi connectivity index (χ0) is 20.6. The lowest BCUT2D eigenvalue weighted by Gasteiger charge is -2.45. The monoisotopic (exact) mass is 407 g/mol. The van der Waals surface area contributed by atoms with Crippen molar-refractivity contribution in [2.45, 2.75) is 37.4 Å². The highest BCUT2D eigenvalue weighted by Crippen LogP contribution is 2.36. The van der Waals surface area contributed by atoms with E-state index in [1.165, 1.54) is 0 Å². The molecule has 1 aromatic carbocycles. The van der Waals surface area contributed by atoms with Gasteiger partial charge in [-0.2, -0.15) is 5.10 Å². The van der Waals surface area contributed by atoms with Crippen LogP contribution in [0, 0.1) is 0 Å². The van der Waals surface area contributed by atoms with Crippen LogP contribution in [0.3, 0.4) is 0 Å². The molecule has 2 fully saturated rings. The van der Waals surface area contributed by atoms with Crippen molar-refractivity contribution in [2.24, 2.45) is 7.05 Å². The Labute approximate surface area is 174 Å². The number of para-hydroxylation sites is 1. The van der Waals surface area contributed by atoms with E-state index in [2.05, 4.69) is 15.1 Å². The molecule has 0 radical (unpaired) electrons. The van der Waals surface area contributed by atoms with Crippen molar-refractivity contribution < 1.29 is 14.3 Å². The molecule has 0 aliphatic carbocycles. The lowest BCUT2D eigenvalue weighted by atomic mass is 9.83. The minimum Gasteiger partial charge on any atom is -0.473 e. The summed E-state index contributed by atoms with van der Waals surface area (Å²) in [6.45, 7) is 1.97. The number of rotatable bonds is 3. The standard InChI is InChI=1S/C22H25N5O3/c1-26-18-5-3-2-4-17(18)20(25-26)21(28)27-11-7-22(8-12-27)14-16(6-13-29-22)30-19-15-23-9-10-24-19/h2-5,9-10,15-16H,6-8,11-14H2,1H3. The van der Waals surface area contributed by atoms with Crippen LogP contribution in [0.2, 0.25) is 0 Å². The summed E-state index contributed by atoms with van der Waals surface area (Å²) >= 11 is 0. The Morgan fingerprint density at radius 2 is 2.07 bits per heavy atom. The van der Waals surface area contributed by atoms with E-state index in [1.807, 2.05) is 36.2 Å². The van der Waals surface area contributed by atoms with Gasteiger partial charge in [-0.3, -0.25) is 14.5 Å². The van der Waals surface area contributed by atoms with Crippen molar-refractivity contribution in [3.05, 3.63) is 48.5 Å². The number of benzene rings is 1. The third kappa shape index (κ3) is 3.52. The van der Waals surface area contributed by atoms with Crippen molar-refractivity contribution in [1.82, 2.24) is 24.6 Å². The van der Waals surface area contributed by atoms with Gasteiger partial charge >= 0.3 is 0 Å². The highest BCUT2D eigenvalue weighted by molar-refractivity contribution is 6.04. The van der Waals surface area contributed by atoms with Gasteiger partial charge in [0.05, 0.1) is 23.9 Å². The summed E-state index contributed by atoms with van der Waals surface area (Å²) in [5.41, 5.74) is 1.25. The fourth-order valence-electron chi connectivity index (χ4n) is 4.59. The summed E-state index contributed by atoms with van der Waals surface area (Å²) in [6.07, 6.45) is 8.19. The zero-order valence-electron chi connectivity index (χ0n) is 17.0. The topological polar surface area (TPSA) is 82.4 Å². The molecule has 8 heteroatoms. The summed E-state index contributed by atoms with van der Waals surface area (Å²) in [6, 6.07) is 7.85. The van der Waals surface area contributed by atoms with Gasteiger partial charge in [-0.1, -0.05) is 18.2 Å². The van der Waals surface area contributed by atoms with Crippen LogP contribution in [0.15, 0.2) is 42.9 Å². The first-order chi connectivity index (χ1) is 14.6. The molecule has 0 saturated carbocycles. The molecular weight excluding hydrogens is 382 g/mol. The van der Waals surface area contributed by atoms with Crippen molar-refractivity contribution >= 4 is 16.8 Å². The second kappa shape index (κ2) is 7.68. The SMILES string of the molecule is Cn1nc(C(=O)N2CCC3(CC2)CC(Oc2cnccn2)CCO3)c2ccccc21. The molecular formula is C22H25N5O3. The maximum Gasteiger partial charge on any atom is 0.275 e. The van der Waals surface area contributed by atoms with Crippen LogP contribution in [0.1, 0.15) is 36.2 Å². The Balaban J connectivity index is 1.26. The number of carbonyl (C=O) groups is 1. The van der Waals surface area contributed by atoms with E-state index in [0.29, 0.717) is 31.3 Å². The molecule has 2 saturated heterocycles. The number of amides is 1. The molecule has 3 aromatic rings. The average Bonchev–Trinajstić information content (AvgIpc) is 3.12. The fraction of sp³-hybridized carbons (Fsp3) is 0.455. The number of likely N-dealkylation sites (tertiary alicyclic amines) is 1. The van der Waals surface area contributed by atoms with Crippen LogP contribution < -0.4 is 4.74 Å². The van der Waals surface area contributed by atoms with E-state index in [4.69, 9.17) is 9.47 Å². The molecule has 2 aromatic heterocycles. The van der Waals surface area contributed by atoms with E-state index in [9.17, 15) is 4.79 Å². The van der Waals surface area contributed by atoms with E-state index in [-0.39, 0.29) is 17.6 Å². The molecule has 156 valence electrons. The number of aryl methyl sites for hydroxylation is 1. The van der Waals surface area contributed by atoms with E-state index in [0.717, 1.165) is 36.6 Å². The Morgan fingerprint density at radius 3 is 2.87 bits per heavy atom. The van der Waals surface area contributed by atoms with Crippen molar-refractivity contribution in [3.8, 4) is 5.88 Å². The van der Waals surface area contributed by atoms with Gasteiger partial charge in [0.15, 0.2) is 5.69 Å². The molecule has 1 amide bonds. The van der Waals surface area contributed by atoms with Gasteiger partial charge in [-0.15, -0.1) is 0 Å². The van der Waals surface area contributed by atoms with Gasteiger partial charge in [0.2, 0.25) is 5.88 Å². The summed E-state index contributed by atoms with van der Waals surface area (Å²) < 4.78 is 14.0. The minimum atomic E-state index is -0.242. The van der Waals surface area contributed by atoms with Gasteiger partial charge < -0.3 is 14.4 Å². The number of fused-ring (bicyclic) bond motifs is 1. The van der Waals surface area contributed by atoms with Crippen molar-refractivity contribution in [1.29, 1.82) is 0 Å². The number of piperidine rings is 1. The lowest BCUT2D eigenvalue weighted by molar-refractivity contribution is -0.135. The molecule has 2 aliphatic rings. The lowest BCUT2D eigenvalue weighted by Crippen LogP contribution is -2.52. The average molecular weight is 407 g/mol. The Hall–Kier alpha value is -3.00. The van der Waals surface area contributed by atoms with E-state index < -0.39 is 0 Å². The first-order valence-electron chi connectivity index (χ1n) is 10.4. The molecule has 1 spiro atoms. The maximum absolute atomic E-state index is 13.2. The zero-order valence-corrected chi connectivity index (χ0v) is 17.0. The molecule has 1 atom stereocenters. The second-order valence-corrected chi connectivity index (χ2v) is 8.09. The van der Waals surface area contributed by atoms with E-state index >= 15 is 0 Å². The van der Waals surface area contributed by atoms with Gasteiger partial charge in [0.1, 0.15) is 6.10 Å². The van der Waals surface area contributed by atoms with Crippen LogP contribution >= 0.6 is 0 Å². The maximum atomic E-state index is 13.2. The largest absolute Gasteiger partial charge is 0.473 e. The fourth-order valence-corrected chi connectivity index (χ4v) is 4.59. The van der Waals surface area contributed by atoms with Crippen molar-refractivity contribution in [3.63, 3.8) is 0 Å². The molecule has 2 aliphatic heterocycles. The number of hydrogen-bond acceptors (Lipinski definition) is 6. The normalized spacial score (nSPS) is 21.1. The quantitative estimate of drug-likeness (QED) is 0.664. The number of carbonyl (C=O) groups excluding carboxylic acids is 1. The van der Waals surface area contributed by atoms with Gasteiger partial charge in [0.25, 0.3) is 5.91 Å². The third-order valence-corrected chi connectivity index (χ3v) is 6.20. The Bertz CT molecular complexity index is 1040. The van der Waals surface area contributed by atoms with Crippen LogP contribution in [0.25, 0.3) is 10.9 Å². The Kier molecular flexibility index (Phi) is 4.86. The number of hydrogen-bond donors (Lipinski definition) is 0. The number of aromatic nitrogens is 4. The Morgan fingerprint density at radius 1 is 1.23 bits per heavy atom. The first kappa shape index (κ1) is 19.0. The van der Waals surface area contributed by atoms with Crippen LogP contribution in [-0.2, 0) is 11.8 Å². The van der Waals surface area contributed by atoms with Gasteiger partial charge in [0, 0.05) is 50.8 Å². The smallest absolute Gasteiger partial charge is 0.275 e. The van der Waals surface area contributed by atoms with Gasteiger partial charge in [-0.25, -0.2) is 4.98 Å². The highest BCUT2D eigenvalue weighted by Gasteiger charge is 2.42. The second-order valence-electron chi connectivity index (χ2n) is 8.09. The molecule has 30 heavy (non-hydrogen) atoms. The molecule has 8 nitrogen and oxygen atoms in total. The summed E-state index contributed by atoms with van der Waals surface area (Å²) in [5, 5.41) is 5.39. The first-order valence-corrected chi connectivity index (χ1v) is 10.4. The number of ether oxygens (including phenoxy) is 2. The van der Waals surface area contributed by atoms with Crippen LogP contribution in [0.4, 0.5) is 0 Å². The molecule has 1 unspecified atom stereocenters. The van der Waals surface area contributed by atoms with Crippen LogP contribution in [0.5, 0.6) is 5.88 Å². The van der Waals surface area contributed by atoms with Crippen molar-refractivity contribution in [2.75, 3.05) is 19.7 Å². The predicted molar refractivity (Wildman–Crippen MR) is 110 cm³/mol. The summed E-state index contributed by atoms with van der Waals surface area (Å²) in [5.74, 6) is 0.541. The molecule has 4 heterocycles. The molecule has 0 bridgehead atoms. The molecule has 0 N–H and O–H groups in total.